The van der Waals surface area contributed by atoms with Gasteiger partial charge in [0.2, 0.25) is 0 Å². The highest BCUT2D eigenvalue weighted by Gasteiger charge is 2.23. The Morgan fingerprint density at radius 3 is 0.983 bits per heavy atom. The van der Waals surface area contributed by atoms with E-state index in [0.717, 1.165) is 22.3 Å². The van der Waals surface area contributed by atoms with E-state index in [2.05, 4.69) is 9.98 Å². The predicted octanol–water partition coefficient (Wildman–Crippen LogP) is 11.3. The Morgan fingerprint density at radius 2 is 0.717 bits per heavy atom. The molecule has 0 saturated carbocycles. The molecule has 308 valence electrons. The third-order valence-corrected chi connectivity index (χ3v) is 10.1. The van der Waals surface area contributed by atoms with Gasteiger partial charge >= 0.3 is 11.9 Å². The largest absolute Gasteiger partial charge is 0.485 e. The van der Waals surface area contributed by atoms with E-state index in [1.807, 2.05) is 72.8 Å². The fourth-order valence-electron chi connectivity index (χ4n) is 5.66. The van der Waals surface area contributed by atoms with E-state index in [-0.39, 0.29) is 49.3 Å². The molecular formula is C46H38Cl4N2O8. The summed E-state index contributed by atoms with van der Waals surface area (Å²) in [4.78, 5) is 31.2. The molecule has 0 aliphatic rings. The predicted molar refractivity (Wildman–Crippen MR) is 236 cm³/mol. The van der Waals surface area contributed by atoms with E-state index < -0.39 is 11.9 Å². The maximum Gasteiger partial charge on any atom is 0.354 e. The topological polar surface area (TPSA) is 136 Å². The minimum Gasteiger partial charge on any atom is -0.485 e. The van der Waals surface area contributed by atoms with Crippen LogP contribution in [0.5, 0.6) is 23.0 Å². The summed E-state index contributed by atoms with van der Waals surface area (Å²) in [6, 6.07) is 39.2. The maximum absolute atomic E-state index is 11.7. The molecule has 0 bridgehead atoms. The molecule has 0 fully saturated rings. The Morgan fingerprint density at radius 1 is 0.433 bits per heavy atom. The van der Waals surface area contributed by atoms with Gasteiger partial charge in [0.1, 0.15) is 26.4 Å². The quantitative estimate of drug-likeness (QED) is 0.0917. The molecule has 0 aliphatic heterocycles. The van der Waals surface area contributed by atoms with Crippen molar-refractivity contribution in [3.05, 3.63) is 187 Å². The second-order valence-electron chi connectivity index (χ2n) is 12.5. The Hall–Kier alpha value is -6.04. The summed E-state index contributed by atoms with van der Waals surface area (Å²) in [7, 11) is 2.83. The minimum atomic E-state index is -1.16. The van der Waals surface area contributed by atoms with Crippen molar-refractivity contribution in [1.29, 1.82) is 0 Å². The van der Waals surface area contributed by atoms with E-state index in [9.17, 15) is 19.8 Å². The minimum absolute atomic E-state index is 0.132. The van der Waals surface area contributed by atoms with E-state index in [0.29, 0.717) is 42.7 Å². The Labute approximate surface area is 367 Å². The third kappa shape index (κ3) is 12.0. The molecule has 0 unspecified atom stereocenters. The first-order valence-electron chi connectivity index (χ1n) is 18.1. The molecule has 0 aliphatic carbocycles. The van der Waals surface area contributed by atoms with Gasteiger partial charge < -0.3 is 29.2 Å². The number of hydrogen-bond acceptors (Lipinski definition) is 8. The summed E-state index contributed by atoms with van der Waals surface area (Å²) >= 11 is 24.9. The molecule has 0 spiro atoms. The van der Waals surface area contributed by atoms with Crippen LogP contribution in [0, 0.1) is 0 Å². The van der Waals surface area contributed by atoms with Gasteiger partial charge in [-0.25, -0.2) is 9.59 Å². The summed E-state index contributed by atoms with van der Waals surface area (Å²) in [5.74, 6) is -1.03. The van der Waals surface area contributed by atoms with Gasteiger partial charge in [-0.1, -0.05) is 131 Å². The number of para-hydroxylation sites is 2. The highest BCUT2D eigenvalue weighted by Crippen LogP contribution is 2.36. The van der Waals surface area contributed by atoms with Gasteiger partial charge in [0.15, 0.2) is 34.4 Å². The molecular weight excluding hydrogens is 850 g/mol. The van der Waals surface area contributed by atoms with Crippen LogP contribution in [-0.4, -0.2) is 47.7 Å². The zero-order valence-electron chi connectivity index (χ0n) is 32.3. The Balaban J connectivity index is 0.000000228. The van der Waals surface area contributed by atoms with Gasteiger partial charge in [-0.05, 0) is 48.5 Å². The lowest BCUT2D eigenvalue weighted by molar-refractivity contribution is -0.130. The Bertz CT molecular complexity index is 2340. The van der Waals surface area contributed by atoms with Gasteiger partial charge in [0, 0.05) is 56.4 Å². The number of carbonyl (C=O) groups is 2. The van der Waals surface area contributed by atoms with E-state index in [4.69, 9.17) is 65.4 Å². The number of carboxylic acid groups (broad SMARTS) is 2. The molecule has 10 nitrogen and oxygen atoms in total. The maximum atomic E-state index is 11.7. The van der Waals surface area contributed by atoms with Crippen LogP contribution >= 0.6 is 46.4 Å². The molecule has 6 rings (SSSR count). The van der Waals surface area contributed by atoms with Crippen molar-refractivity contribution >= 4 is 69.8 Å². The Kier molecular flexibility index (Phi) is 16.8. The third-order valence-electron chi connectivity index (χ3n) is 8.66. The SMILES string of the molecule is CN=C(C(=O)O)c1cccc(OCc2ccccc2Cl)c1OCc1ccccc1Cl.CN=C(C(=O)O)c1cccc(OCc2ccccc2Cl)c1OCc1ccccc1Cl. The van der Waals surface area contributed by atoms with Crippen LogP contribution in [0.1, 0.15) is 33.4 Å². The molecule has 0 heterocycles. The second-order valence-corrected chi connectivity index (χ2v) is 14.2. The molecule has 0 radical (unpaired) electrons. The average molecular weight is 889 g/mol. The number of halogens is 4. The number of aliphatic carboxylic acids is 2. The van der Waals surface area contributed by atoms with Crippen LogP contribution in [0.3, 0.4) is 0 Å². The van der Waals surface area contributed by atoms with Crippen LogP contribution in [0.25, 0.3) is 0 Å². The molecule has 60 heavy (non-hydrogen) atoms. The zero-order chi connectivity index (χ0) is 43.0. The highest BCUT2D eigenvalue weighted by atomic mass is 35.5. The number of aliphatic imine (C=N–C) groups is 2. The van der Waals surface area contributed by atoms with E-state index in [1.165, 1.54) is 14.1 Å². The molecule has 14 heteroatoms. The van der Waals surface area contributed by atoms with Gasteiger partial charge in [-0.2, -0.15) is 0 Å². The molecule has 0 amide bonds. The average Bonchev–Trinajstić information content (AvgIpc) is 3.24. The number of carboxylic acids is 2. The highest BCUT2D eigenvalue weighted by molar-refractivity contribution is 6.44. The van der Waals surface area contributed by atoms with Crippen molar-refractivity contribution in [3.8, 4) is 23.0 Å². The van der Waals surface area contributed by atoms with Crippen molar-refractivity contribution < 1.29 is 38.7 Å². The first-order chi connectivity index (χ1) is 29.0. The molecule has 6 aromatic rings. The van der Waals surface area contributed by atoms with Crippen LogP contribution in [-0.2, 0) is 36.0 Å². The fraction of sp³-hybridized carbons (Fsp3) is 0.130. The van der Waals surface area contributed by atoms with Crippen molar-refractivity contribution in [2.45, 2.75) is 26.4 Å². The standard InChI is InChI=1S/2C23H19Cl2NO4/c2*1-26-21(23(27)28)17-9-6-12-20(29-13-15-7-2-4-10-18(15)24)22(17)30-14-16-8-3-5-11-19(16)25/h2*2-12H,13-14H2,1H3,(H,27,28). The van der Waals surface area contributed by atoms with E-state index in [1.54, 1.807) is 60.7 Å². The summed E-state index contributed by atoms with van der Waals surface area (Å²) in [6.45, 7) is 0.653. The van der Waals surface area contributed by atoms with Crippen molar-refractivity contribution in [2.24, 2.45) is 9.98 Å². The molecule has 0 atom stereocenters. The number of nitrogens with zero attached hydrogens (tertiary/aromatic N) is 2. The molecule has 6 aromatic carbocycles. The lowest BCUT2D eigenvalue weighted by Gasteiger charge is -2.17. The van der Waals surface area contributed by atoms with Crippen LogP contribution in [0.15, 0.2) is 143 Å². The second kappa shape index (κ2) is 22.4. The zero-order valence-corrected chi connectivity index (χ0v) is 35.3. The summed E-state index contributed by atoms with van der Waals surface area (Å²) in [5, 5.41) is 21.4. The monoisotopic (exact) mass is 886 g/mol. The number of benzene rings is 6. The molecule has 0 saturated heterocycles. The molecule has 2 N–H and O–H groups in total. The summed E-state index contributed by atoms with van der Waals surface area (Å²) in [6.07, 6.45) is 0. The summed E-state index contributed by atoms with van der Waals surface area (Å²) < 4.78 is 23.9. The van der Waals surface area contributed by atoms with Gasteiger partial charge in [0.05, 0.1) is 11.1 Å². The first-order valence-corrected chi connectivity index (χ1v) is 19.6. The van der Waals surface area contributed by atoms with Crippen LogP contribution in [0.4, 0.5) is 0 Å². The fourth-order valence-corrected chi connectivity index (χ4v) is 6.43. The number of rotatable bonds is 16. The lowest BCUT2D eigenvalue weighted by atomic mass is 10.1. The van der Waals surface area contributed by atoms with Gasteiger partial charge in [0.25, 0.3) is 0 Å². The lowest BCUT2D eigenvalue weighted by Crippen LogP contribution is -2.16. The molecule has 0 aromatic heterocycles. The van der Waals surface area contributed by atoms with E-state index >= 15 is 0 Å². The van der Waals surface area contributed by atoms with Gasteiger partial charge in [-0.3, -0.25) is 9.98 Å². The van der Waals surface area contributed by atoms with Crippen molar-refractivity contribution in [2.75, 3.05) is 14.1 Å². The normalized spacial score (nSPS) is 11.2. The first kappa shape index (κ1) is 45.1. The van der Waals surface area contributed by atoms with Crippen LogP contribution < -0.4 is 18.9 Å². The van der Waals surface area contributed by atoms with Crippen molar-refractivity contribution in [1.82, 2.24) is 0 Å². The number of hydrogen-bond donors (Lipinski definition) is 2. The van der Waals surface area contributed by atoms with Crippen LogP contribution in [0.2, 0.25) is 20.1 Å². The summed E-state index contributed by atoms with van der Waals surface area (Å²) in [5.41, 5.74) is 3.48. The van der Waals surface area contributed by atoms with Gasteiger partial charge in [-0.15, -0.1) is 0 Å². The smallest absolute Gasteiger partial charge is 0.354 e. The van der Waals surface area contributed by atoms with Crippen molar-refractivity contribution in [3.63, 3.8) is 0 Å². The number of ether oxygens (including phenoxy) is 4.